The van der Waals surface area contributed by atoms with Crippen molar-refractivity contribution >= 4 is 11.5 Å². The van der Waals surface area contributed by atoms with E-state index < -0.39 is 0 Å². The van der Waals surface area contributed by atoms with Gasteiger partial charge in [0.05, 0.1) is 11.3 Å². The summed E-state index contributed by atoms with van der Waals surface area (Å²) in [5.74, 6) is 2.24. The summed E-state index contributed by atoms with van der Waals surface area (Å²) in [7, 11) is 0. The molecule has 1 aliphatic carbocycles. The zero-order chi connectivity index (χ0) is 13.1. The zero-order valence-corrected chi connectivity index (χ0v) is 11.0. The molecule has 2 rings (SSSR count). The average Bonchev–Trinajstić information content (AvgIpc) is 2.36. The summed E-state index contributed by atoms with van der Waals surface area (Å²) in [6, 6.07) is 4.16. The van der Waals surface area contributed by atoms with E-state index >= 15 is 0 Å². The summed E-state index contributed by atoms with van der Waals surface area (Å²) in [5, 5.41) is 12.2. The Morgan fingerprint density at radius 3 is 2.78 bits per heavy atom. The fraction of sp³-hybridized carbons (Fsp3) is 0.571. The van der Waals surface area contributed by atoms with Gasteiger partial charge in [-0.15, -0.1) is 0 Å². The lowest BCUT2D eigenvalue weighted by Gasteiger charge is -2.33. The number of hydrogen-bond acceptors (Lipinski definition) is 4. The van der Waals surface area contributed by atoms with Crippen LogP contribution in [0.4, 0.5) is 11.5 Å². The summed E-state index contributed by atoms with van der Waals surface area (Å²) in [4.78, 5) is 4.23. The van der Waals surface area contributed by atoms with Crippen molar-refractivity contribution in [2.45, 2.75) is 39.2 Å². The van der Waals surface area contributed by atoms with Gasteiger partial charge in [0, 0.05) is 12.2 Å². The van der Waals surface area contributed by atoms with Gasteiger partial charge in [0.1, 0.15) is 11.9 Å². The average molecular weight is 244 g/mol. The molecular weight excluding hydrogens is 224 g/mol. The van der Waals surface area contributed by atoms with Crippen LogP contribution in [0.3, 0.4) is 0 Å². The van der Waals surface area contributed by atoms with Crippen molar-refractivity contribution in [1.82, 2.24) is 4.98 Å². The Bertz CT molecular complexity index is 463. The Labute approximate surface area is 108 Å². The smallest absolute Gasteiger partial charge is 0.149 e. The highest BCUT2D eigenvalue weighted by molar-refractivity contribution is 5.63. The first-order chi connectivity index (χ1) is 8.60. The maximum atomic E-state index is 8.77. The van der Waals surface area contributed by atoms with E-state index in [0.29, 0.717) is 23.1 Å². The lowest BCUT2D eigenvalue weighted by molar-refractivity contribution is 0.260. The molecule has 0 aliphatic heterocycles. The molecule has 0 saturated heterocycles. The highest BCUT2D eigenvalue weighted by Gasteiger charge is 2.24. The summed E-state index contributed by atoms with van der Waals surface area (Å²) in [6.45, 7) is 4.61. The Balaban J connectivity index is 2.04. The van der Waals surface area contributed by atoms with E-state index in [1.165, 1.54) is 6.42 Å². The second-order valence-electron chi connectivity index (χ2n) is 5.38. The fourth-order valence-corrected chi connectivity index (χ4v) is 2.54. The van der Waals surface area contributed by atoms with E-state index in [1.807, 2.05) is 6.07 Å². The SMILES string of the molecule is CC1CCC(Nc2ncc(C#N)cc2N)CC1C. The largest absolute Gasteiger partial charge is 0.396 e. The van der Waals surface area contributed by atoms with Gasteiger partial charge in [0.25, 0.3) is 0 Å². The molecule has 0 aromatic carbocycles. The second-order valence-corrected chi connectivity index (χ2v) is 5.38. The topological polar surface area (TPSA) is 74.7 Å². The van der Waals surface area contributed by atoms with Crippen molar-refractivity contribution < 1.29 is 0 Å². The summed E-state index contributed by atoms with van der Waals surface area (Å²) < 4.78 is 0. The van der Waals surface area contributed by atoms with Gasteiger partial charge in [-0.25, -0.2) is 4.98 Å². The van der Waals surface area contributed by atoms with Crippen LogP contribution in [0.5, 0.6) is 0 Å². The first-order valence-corrected chi connectivity index (χ1v) is 6.52. The molecule has 3 unspecified atom stereocenters. The van der Waals surface area contributed by atoms with Crippen LogP contribution in [-0.2, 0) is 0 Å². The Hall–Kier alpha value is -1.76. The van der Waals surface area contributed by atoms with Gasteiger partial charge in [-0.2, -0.15) is 5.26 Å². The van der Waals surface area contributed by atoms with Crippen LogP contribution >= 0.6 is 0 Å². The Morgan fingerprint density at radius 1 is 1.39 bits per heavy atom. The maximum absolute atomic E-state index is 8.77. The van der Waals surface area contributed by atoms with Crippen LogP contribution in [-0.4, -0.2) is 11.0 Å². The van der Waals surface area contributed by atoms with Crippen molar-refractivity contribution in [3.63, 3.8) is 0 Å². The molecule has 4 heteroatoms. The molecule has 1 saturated carbocycles. The minimum atomic E-state index is 0.443. The molecule has 1 fully saturated rings. The minimum absolute atomic E-state index is 0.443. The molecule has 3 atom stereocenters. The molecule has 4 nitrogen and oxygen atoms in total. The van der Waals surface area contributed by atoms with Crippen LogP contribution < -0.4 is 11.1 Å². The van der Waals surface area contributed by atoms with Gasteiger partial charge in [-0.1, -0.05) is 13.8 Å². The summed E-state index contributed by atoms with van der Waals surface area (Å²) >= 11 is 0. The number of nitrogens with two attached hydrogens (primary N) is 1. The number of nitriles is 1. The van der Waals surface area contributed by atoms with Gasteiger partial charge in [-0.3, -0.25) is 0 Å². The fourth-order valence-electron chi connectivity index (χ4n) is 2.54. The molecule has 0 radical (unpaired) electrons. The molecule has 1 heterocycles. The molecule has 0 amide bonds. The summed E-state index contributed by atoms with van der Waals surface area (Å²) in [5.41, 5.74) is 6.96. The van der Waals surface area contributed by atoms with E-state index in [0.717, 1.165) is 24.7 Å². The van der Waals surface area contributed by atoms with Crippen LogP contribution in [0.15, 0.2) is 12.3 Å². The predicted molar refractivity (Wildman–Crippen MR) is 73.0 cm³/mol. The van der Waals surface area contributed by atoms with E-state index in [1.54, 1.807) is 12.3 Å². The lowest BCUT2D eigenvalue weighted by atomic mass is 9.79. The molecule has 0 spiro atoms. The third-order valence-electron chi connectivity index (χ3n) is 3.99. The van der Waals surface area contributed by atoms with Crippen molar-refractivity contribution in [3.8, 4) is 6.07 Å². The normalized spacial score (nSPS) is 27.5. The molecule has 1 aromatic rings. The first-order valence-electron chi connectivity index (χ1n) is 6.52. The van der Waals surface area contributed by atoms with E-state index in [9.17, 15) is 0 Å². The third-order valence-corrected chi connectivity index (χ3v) is 3.99. The zero-order valence-electron chi connectivity index (χ0n) is 11.0. The lowest BCUT2D eigenvalue weighted by Crippen LogP contribution is -2.30. The quantitative estimate of drug-likeness (QED) is 0.838. The maximum Gasteiger partial charge on any atom is 0.149 e. The van der Waals surface area contributed by atoms with Crippen molar-refractivity contribution in [2.75, 3.05) is 11.1 Å². The van der Waals surface area contributed by atoms with E-state index in [2.05, 4.69) is 24.1 Å². The number of nitrogen functional groups attached to an aromatic ring is 1. The van der Waals surface area contributed by atoms with E-state index in [4.69, 9.17) is 11.0 Å². The number of rotatable bonds is 2. The summed E-state index contributed by atoms with van der Waals surface area (Å²) in [6.07, 6.45) is 5.12. The van der Waals surface area contributed by atoms with Gasteiger partial charge < -0.3 is 11.1 Å². The van der Waals surface area contributed by atoms with Crippen LogP contribution in [0.25, 0.3) is 0 Å². The number of hydrogen-bond donors (Lipinski definition) is 2. The number of pyridine rings is 1. The molecule has 0 bridgehead atoms. The van der Waals surface area contributed by atoms with Crippen LogP contribution in [0, 0.1) is 23.2 Å². The molecule has 18 heavy (non-hydrogen) atoms. The monoisotopic (exact) mass is 244 g/mol. The number of anilines is 2. The number of nitrogens with zero attached hydrogens (tertiary/aromatic N) is 2. The first kappa shape index (κ1) is 12.7. The Kier molecular flexibility index (Phi) is 3.71. The molecule has 3 N–H and O–H groups in total. The number of nitrogens with one attached hydrogen (secondary N) is 1. The van der Waals surface area contributed by atoms with Crippen LogP contribution in [0.1, 0.15) is 38.7 Å². The highest BCUT2D eigenvalue weighted by Crippen LogP contribution is 2.31. The van der Waals surface area contributed by atoms with Crippen molar-refractivity contribution in [3.05, 3.63) is 17.8 Å². The van der Waals surface area contributed by atoms with Gasteiger partial charge in [0.2, 0.25) is 0 Å². The molecular formula is C14H20N4. The second kappa shape index (κ2) is 5.26. The highest BCUT2D eigenvalue weighted by atomic mass is 15.0. The van der Waals surface area contributed by atoms with Gasteiger partial charge in [0.15, 0.2) is 0 Å². The predicted octanol–water partition coefficient (Wildman–Crippen LogP) is 2.77. The van der Waals surface area contributed by atoms with Crippen molar-refractivity contribution in [2.24, 2.45) is 11.8 Å². The van der Waals surface area contributed by atoms with Gasteiger partial charge >= 0.3 is 0 Å². The molecule has 96 valence electrons. The van der Waals surface area contributed by atoms with Crippen LogP contribution in [0.2, 0.25) is 0 Å². The molecule has 1 aromatic heterocycles. The molecule has 1 aliphatic rings. The van der Waals surface area contributed by atoms with Crippen molar-refractivity contribution in [1.29, 1.82) is 5.26 Å². The minimum Gasteiger partial charge on any atom is -0.396 e. The van der Waals surface area contributed by atoms with E-state index in [-0.39, 0.29) is 0 Å². The number of aromatic nitrogens is 1. The standard InChI is InChI=1S/C14H20N4/c1-9-3-4-12(5-10(9)2)18-14-13(16)6-11(7-15)8-17-14/h6,8-10,12H,3-5,16H2,1-2H3,(H,17,18). The van der Waals surface area contributed by atoms with Gasteiger partial charge in [-0.05, 0) is 37.2 Å². The third kappa shape index (κ3) is 2.73. The Morgan fingerprint density at radius 2 is 2.17 bits per heavy atom.